The number of aliphatic hydroxyl groups excluding tert-OH is 1. The number of ether oxygens (including phenoxy) is 1. The zero-order chi connectivity index (χ0) is 10.5. The van der Waals surface area contributed by atoms with E-state index in [9.17, 15) is 0 Å². The standard InChI is InChI=1S/C12H23NO2/c14-6-3-12(11-1-2-11)13-9-10-4-7-15-8-5-10/h10-14H,1-9H2. The summed E-state index contributed by atoms with van der Waals surface area (Å²) in [6.45, 7) is 3.30. The minimum absolute atomic E-state index is 0.321. The van der Waals surface area contributed by atoms with Gasteiger partial charge in [-0.1, -0.05) is 0 Å². The van der Waals surface area contributed by atoms with Crippen LogP contribution in [0.15, 0.2) is 0 Å². The Morgan fingerprint density at radius 3 is 2.53 bits per heavy atom. The Hall–Kier alpha value is -0.120. The molecule has 1 aliphatic heterocycles. The maximum Gasteiger partial charge on any atom is 0.0469 e. The summed E-state index contributed by atoms with van der Waals surface area (Å²) < 4.78 is 5.35. The van der Waals surface area contributed by atoms with E-state index in [4.69, 9.17) is 9.84 Å². The zero-order valence-corrected chi connectivity index (χ0v) is 9.45. The van der Waals surface area contributed by atoms with Crippen LogP contribution in [0.2, 0.25) is 0 Å². The molecule has 1 saturated heterocycles. The van der Waals surface area contributed by atoms with E-state index >= 15 is 0 Å². The first-order valence-electron chi connectivity index (χ1n) is 6.32. The third kappa shape index (κ3) is 3.74. The lowest BCUT2D eigenvalue weighted by Crippen LogP contribution is -2.37. The van der Waals surface area contributed by atoms with Crippen molar-refractivity contribution in [2.75, 3.05) is 26.4 Å². The molecule has 2 fully saturated rings. The second-order valence-electron chi connectivity index (χ2n) is 4.92. The third-order valence-electron chi connectivity index (χ3n) is 3.64. The predicted octanol–water partition coefficient (Wildman–Crippen LogP) is 1.16. The molecule has 2 rings (SSSR count). The van der Waals surface area contributed by atoms with Gasteiger partial charge >= 0.3 is 0 Å². The zero-order valence-electron chi connectivity index (χ0n) is 9.45. The fraction of sp³-hybridized carbons (Fsp3) is 1.00. The number of aliphatic hydroxyl groups is 1. The van der Waals surface area contributed by atoms with Crippen LogP contribution in [0.5, 0.6) is 0 Å². The van der Waals surface area contributed by atoms with E-state index in [-0.39, 0.29) is 0 Å². The van der Waals surface area contributed by atoms with Crippen molar-refractivity contribution in [1.29, 1.82) is 0 Å². The molecule has 0 aromatic heterocycles. The van der Waals surface area contributed by atoms with E-state index in [2.05, 4.69) is 5.32 Å². The van der Waals surface area contributed by atoms with Gasteiger partial charge in [0.2, 0.25) is 0 Å². The lowest BCUT2D eigenvalue weighted by atomic mass is 9.99. The van der Waals surface area contributed by atoms with Crippen LogP contribution in [0.3, 0.4) is 0 Å². The van der Waals surface area contributed by atoms with Crippen LogP contribution in [-0.2, 0) is 4.74 Å². The fourth-order valence-electron chi connectivity index (χ4n) is 2.41. The van der Waals surface area contributed by atoms with E-state index in [0.717, 1.165) is 38.0 Å². The van der Waals surface area contributed by atoms with Gasteiger partial charge < -0.3 is 15.2 Å². The van der Waals surface area contributed by atoms with Gasteiger partial charge in [-0.05, 0) is 50.5 Å². The molecule has 0 aromatic carbocycles. The lowest BCUT2D eigenvalue weighted by Gasteiger charge is -2.25. The molecule has 1 heterocycles. The molecule has 3 heteroatoms. The van der Waals surface area contributed by atoms with Crippen molar-refractivity contribution in [2.45, 2.75) is 38.1 Å². The molecule has 0 bridgehead atoms. The van der Waals surface area contributed by atoms with Gasteiger partial charge in [-0.25, -0.2) is 0 Å². The van der Waals surface area contributed by atoms with Gasteiger partial charge in [0.15, 0.2) is 0 Å². The SMILES string of the molecule is OCCC(NCC1CCOCC1)C1CC1. The summed E-state index contributed by atoms with van der Waals surface area (Å²) in [4.78, 5) is 0. The minimum atomic E-state index is 0.321. The van der Waals surface area contributed by atoms with Crippen molar-refractivity contribution in [2.24, 2.45) is 11.8 Å². The monoisotopic (exact) mass is 213 g/mol. The van der Waals surface area contributed by atoms with Gasteiger partial charge in [-0.15, -0.1) is 0 Å². The maximum absolute atomic E-state index is 8.99. The molecule has 0 amide bonds. The molecular weight excluding hydrogens is 190 g/mol. The highest BCUT2D eigenvalue weighted by Gasteiger charge is 2.30. The largest absolute Gasteiger partial charge is 0.396 e. The molecule has 1 saturated carbocycles. The molecule has 15 heavy (non-hydrogen) atoms. The van der Waals surface area contributed by atoms with Crippen LogP contribution in [0, 0.1) is 11.8 Å². The van der Waals surface area contributed by atoms with Crippen molar-refractivity contribution in [3.8, 4) is 0 Å². The molecule has 0 spiro atoms. The Labute approximate surface area is 92.2 Å². The highest BCUT2D eigenvalue weighted by Crippen LogP contribution is 2.34. The average Bonchev–Trinajstić information content (AvgIpc) is 3.09. The summed E-state index contributed by atoms with van der Waals surface area (Å²) in [5.41, 5.74) is 0. The second kappa shape index (κ2) is 5.83. The Morgan fingerprint density at radius 2 is 1.93 bits per heavy atom. The van der Waals surface area contributed by atoms with Crippen molar-refractivity contribution >= 4 is 0 Å². The predicted molar refractivity (Wildman–Crippen MR) is 59.8 cm³/mol. The van der Waals surface area contributed by atoms with Gasteiger partial charge in [0.25, 0.3) is 0 Å². The Balaban J connectivity index is 1.65. The summed E-state index contributed by atoms with van der Waals surface area (Å²) in [5, 5.41) is 12.6. The first-order valence-corrected chi connectivity index (χ1v) is 6.32. The first kappa shape index (κ1) is 11.4. The van der Waals surface area contributed by atoms with Crippen LogP contribution >= 0.6 is 0 Å². The molecule has 88 valence electrons. The summed E-state index contributed by atoms with van der Waals surface area (Å²) in [5.74, 6) is 1.63. The van der Waals surface area contributed by atoms with Crippen LogP contribution in [0.25, 0.3) is 0 Å². The van der Waals surface area contributed by atoms with Crippen molar-refractivity contribution in [3.05, 3.63) is 0 Å². The van der Waals surface area contributed by atoms with Gasteiger partial charge in [0, 0.05) is 25.9 Å². The summed E-state index contributed by atoms with van der Waals surface area (Å²) in [7, 11) is 0. The van der Waals surface area contributed by atoms with Crippen LogP contribution in [-0.4, -0.2) is 37.5 Å². The number of hydrogen-bond acceptors (Lipinski definition) is 3. The normalized spacial score (nSPS) is 25.4. The van der Waals surface area contributed by atoms with Crippen LogP contribution in [0.4, 0.5) is 0 Å². The van der Waals surface area contributed by atoms with Crippen molar-refractivity contribution < 1.29 is 9.84 Å². The molecule has 0 radical (unpaired) electrons. The van der Waals surface area contributed by atoms with E-state index < -0.39 is 0 Å². The summed E-state index contributed by atoms with van der Waals surface area (Å²) in [6, 6.07) is 0.567. The Morgan fingerprint density at radius 1 is 1.20 bits per heavy atom. The molecule has 2 aliphatic rings. The van der Waals surface area contributed by atoms with E-state index in [1.54, 1.807) is 0 Å². The summed E-state index contributed by atoms with van der Waals surface area (Å²) in [6.07, 6.45) is 6.03. The van der Waals surface area contributed by atoms with E-state index in [1.165, 1.54) is 25.7 Å². The molecular formula is C12H23NO2. The molecule has 1 atom stereocenters. The summed E-state index contributed by atoms with van der Waals surface area (Å²) >= 11 is 0. The van der Waals surface area contributed by atoms with Gasteiger partial charge in [-0.3, -0.25) is 0 Å². The Kier molecular flexibility index (Phi) is 4.42. The quantitative estimate of drug-likeness (QED) is 0.696. The molecule has 2 N–H and O–H groups in total. The smallest absolute Gasteiger partial charge is 0.0469 e. The topological polar surface area (TPSA) is 41.5 Å². The highest BCUT2D eigenvalue weighted by atomic mass is 16.5. The van der Waals surface area contributed by atoms with Crippen molar-refractivity contribution in [1.82, 2.24) is 5.32 Å². The first-order chi connectivity index (χ1) is 7.40. The van der Waals surface area contributed by atoms with E-state index in [0.29, 0.717) is 12.6 Å². The van der Waals surface area contributed by atoms with Gasteiger partial charge in [0.1, 0.15) is 0 Å². The number of rotatable bonds is 6. The van der Waals surface area contributed by atoms with Crippen molar-refractivity contribution in [3.63, 3.8) is 0 Å². The second-order valence-corrected chi connectivity index (χ2v) is 4.92. The molecule has 3 nitrogen and oxygen atoms in total. The number of nitrogens with one attached hydrogen (secondary N) is 1. The Bertz CT molecular complexity index is 176. The van der Waals surface area contributed by atoms with E-state index in [1.807, 2.05) is 0 Å². The fourth-order valence-corrected chi connectivity index (χ4v) is 2.41. The molecule has 1 unspecified atom stereocenters. The highest BCUT2D eigenvalue weighted by molar-refractivity contribution is 4.86. The van der Waals surface area contributed by atoms with Crippen LogP contribution in [0.1, 0.15) is 32.1 Å². The third-order valence-corrected chi connectivity index (χ3v) is 3.64. The molecule has 1 aliphatic carbocycles. The van der Waals surface area contributed by atoms with Crippen LogP contribution < -0.4 is 5.32 Å². The lowest BCUT2D eigenvalue weighted by molar-refractivity contribution is 0.0648. The van der Waals surface area contributed by atoms with Gasteiger partial charge in [-0.2, -0.15) is 0 Å². The molecule has 0 aromatic rings. The van der Waals surface area contributed by atoms with Gasteiger partial charge in [0.05, 0.1) is 0 Å². The minimum Gasteiger partial charge on any atom is -0.396 e. The average molecular weight is 213 g/mol. The maximum atomic E-state index is 8.99. The number of hydrogen-bond donors (Lipinski definition) is 2.